The third-order valence-corrected chi connectivity index (χ3v) is 3.42. The molecule has 1 atom stereocenters. The first-order valence-corrected chi connectivity index (χ1v) is 6.80. The molecule has 0 bridgehead atoms. The number of methoxy groups -OCH3 is 1. The van der Waals surface area contributed by atoms with Gasteiger partial charge in [0.2, 0.25) is 5.91 Å². The molecule has 1 unspecified atom stereocenters. The number of aromatic carboxylic acids is 1. The van der Waals surface area contributed by atoms with Crippen molar-refractivity contribution in [3.8, 4) is 5.75 Å². The maximum atomic E-state index is 12.3. The Morgan fingerprint density at radius 2 is 1.73 bits per heavy atom. The van der Waals surface area contributed by atoms with Crippen LogP contribution in [0.4, 0.5) is 5.69 Å². The molecule has 2 N–H and O–H groups in total. The maximum Gasteiger partial charge on any atom is 0.337 e. The fourth-order valence-electron chi connectivity index (χ4n) is 2.06. The Hall–Kier alpha value is -2.82. The molecule has 22 heavy (non-hydrogen) atoms. The van der Waals surface area contributed by atoms with Crippen LogP contribution < -0.4 is 10.1 Å². The van der Waals surface area contributed by atoms with Gasteiger partial charge in [-0.3, -0.25) is 4.79 Å². The van der Waals surface area contributed by atoms with E-state index in [4.69, 9.17) is 9.84 Å². The zero-order valence-corrected chi connectivity index (χ0v) is 12.4. The molecule has 0 spiro atoms. The Labute approximate surface area is 128 Å². The summed E-state index contributed by atoms with van der Waals surface area (Å²) in [4.78, 5) is 23.5. The Kier molecular flexibility index (Phi) is 4.78. The number of para-hydroxylation sites is 1. The van der Waals surface area contributed by atoms with Crippen LogP contribution in [0.3, 0.4) is 0 Å². The number of nitrogens with one attached hydrogen (secondary N) is 1. The fourth-order valence-corrected chi connectivity index (χ4v) is 2.06. The Morgan fingerprint density at radius 1 is 1.09 bits per heavy atom. The highest BCUT2D eigenvalue weighted by Crippen LogP contribution is 2.22. The van der Waals surface area contributed by atoms with E-state index < -0.39 is 11.9 Å². The standard InChI is InChI=1S/C17H17NO4/c1-11(12-7-9-13(22-2)10-8-12)16(19)18-15-6-4-3-5-14(15)17(20)21/h3-11H,1-2H3,(H,18,19)(H,20,21). The van der Waals surface area contributed by atoms with Crippen molar-refractivity contribution in [2.45, 2.75) is 12.8 Å². The number of carbonyl (C=O) groups is 2. The van der Waals surface area contributed by atoms with Crippen molar-refractivity contribution in [3.63, 3.8) is 0 Å². The van der Waals surface area contributed by atoms with Gasteiger partial charge in [0.05, 0.1) is 24.3 Å². The summed E-state index contributed by atoms with van der Waals surface area (Å²) in [7, 11) is 1.58. The number of rotatable bonds is 5. The minimum Gasteiger partial charge on any atom is -0.497 e. The summed E-state index contributed by atoms with van der Waals surface area (Å²) in [6.45, 7) is 1.76. The molecular formula is C17H17NO4. The lowest BCUT2D eigenvalue weighted by Gasteiger charge is -2.14. The molecule has 2 rings (SSSR count). The average Bonchev–Trinajstić information content (AvgIpc) is 2.54. The molecule has 5 nitrogen and oxygen atoms in total. The number of carboxylic acids is 1. The van der Waals surface area contributed by atoms with Crippen LogP contribution in [0, 0.1) is 0 Å². The van der Waals surface area contributed by atoms with E-state index in [-0.39, 0.29) is 11.5 Å². The van der Waals surface area contributed by atoms with Gasteiger partial charge in [-0.1, -0.05) is 24.3 Å². The van der Waals surface area contributed by atoms with E-state index in [1.807, 2.05) is 12.1 Å². The quantitative estimate of drug-likeness (QED) is 0.889. The maximum absolute atomic E-state index is 12.3. The van der Waals surface area contributed by atoms with Crippen molar-refractivity contribution in [1.82, 2.24) is 0 Å². The molecule has 5 heteroatoms. The first-order chi connectivity index (χ1) is 10.5. The van der Waals surface area contributed by atoms with E-state index in [2.05, 4.69) is 5.32 Å². The van der Waals surface area contributed by atoms with Gasteiger partial charge in [-0.05, 0) is 36.8 Å². The van der Waals surface area contributed by atoms with Gasteiger partial charge in [0, 0.05) is 0 Å². The third-order valence-electron chi connectivity index (χ3n) is 3.42. The van der Waals surface area contributed by atoms with Gasteiger partial charge < -0.3 is 15.2 Å². The van der Waals surface area contributed by atoms with Crippen LogP contribution in [0.5, 0.6) is 5.75 Å². The molecule has 2 aromatic carbocycles. The molecular weight excluding hydrogens is 282 g/mol. The van der Waals surface area contributed by atoms with Crippen LogP contribution in [0.25, 0.3) is 0 Å². The second-order valence-electron chi connectivity index (χ2n) is 4.83. The molecule has 1 amide bonds. The summed E-state index contributed by atoms with van der Waals surface area (Å²) in [6, 6.07) is 13.5. The molecule has 0 saturated carbocycles. The van der Waals surface area contributed by atoms with Gasteiger partial charge in [-0.2, -0.15) is 0 Å². The zero-order valence-electron chi connectivity index (χ0n) is 12.4. The minimum absolute atomic E-state index is 0.0674. The van der Waals surface area contributed by atoms with Crippen molar-refractivity contribution in [1.29, 1.82) is 0 Å². The lowest BCUT2D eigenvalue weighted by Crippen LogP contribution is -2.20. The second-order valence-corrected chi connectivity index (χ2v) is 4.83. The summed E-state index contributed by atoms with van der Waals surface area (Å²) in [5, 5.41) is 11.8. The van der Waals surface area contributed by atoms with E-state index in [1.54, 1.807) is 44.4 Å². The van der Waals surface area contributed by atoms with Gasteiger partial charge >= 0.3 is 5.97 Å². The van der Waals surface area contributed by atoms with E-state index >= 15 is 0 Å². The Morgan fingerprint density at radius 3 is 2.32 bits per heavy atom. The molecule has 0 radical (unpaired) electrons. The fraction of sp³-hybridized carbons (Fsp3) is 0.176. The lowest BCUT2D eigenvalue weighted by molar-refractivity contribution is -0.117. The van der Waals surface area contributed by atoms with Crippen LogP contribution in [0.15, 0.2) is 48.5 Å². The molecule has 0 saturated heterocycles. The normalized spacial score (nSPS) is 11.5. The number of carboxylic acid groups (broad SMARTS) is 1. The highest BCUT2D eigenvalue weighted by atomic mass is 16.5. The van der Waals surface area contributed by atoms with Crippen LogP contribution >= 0.6 is 0 Å². The number of hydrogen-bond acceptors (Lipinski definition) is 3. The third kappa shape index (κ3) is 3.44. The van der Waals surface area contributed by atoms with Crippen molar-refractivity contribution in [2.24, 2.45) is 0 Å². The van der Waals surface area contributed by atoms with Crippen LogP contribution in [0.1, 0.15) is 28.8 Å². The number of benzene rings is 2. The molecule has 0 fully saturated rings. The number of anilines is 1. The summed E-state index contributed by atoms with van der Waals surface area (Å²) >= 11 is 0. The summed E-state index contributed by atoms with van der Waals surface area (Å²) < 4.78 is 5.08. The highest BCUT2D eigenvalue weighted by Gasteiger charge is 2.18. The molecule has 114 valence electrons. The number of hydrogen-bond donors (Lipinski definition) is 2. The first-order valence-electron chi connectivity index (χ1n) is 6.80. The lowest BCUT2D eigenvalue weighted by atomic mass is 10.00. The van der Waals surface area contributed by atoms with Crippen molar-refractivity contribution in [3.05, 3.63) is 59.7 Å². The molecule has 0 aliphatic rings. The number of carbonyl (C=O) groups excluding carboxylic acids is 1. The number of ether oxygens (including phenoxy) is 1. The first kappa shape index (κ1) is 15.6. The van der Waals surface area contributed by atoms with Gasteiger partial charge in [-0.15, -0.1) is 0 Å². The van der Waals surface area contributed by atoms with Crippen LogP contribution in [-0.4, -0.2) is 24.1 Å². The summed E-state index contributed by atoms with van der Waals surface area (Å²) in [5.74, 6) is -1.03. The Bertz CT molecular complexity index is 679. The summed E-state index contributed by atoms with van der Waals surface area (Å²) in [5.41, 5.74) is 1.18. The largest absolute Gasteiger partial charge is 0.497 e. The Balaban J connectivity index is 2.16. The van der Waals surface area contributed by atoms with E-state index in [0.29, 0.717) is 11.4 Å². The van der Waals surface area contributed by atoms with Crippen molar-refractivity contribution < 1.29 is 19.4 Å². The van der Waals surface area contributed by atoms with Crippen molar-refractivity contribution >= 4 is 17.6 Å². The molecule has 2 aromatic rings. The molecule has 0 aliphatic carbocycles. The minimum atomic E-state index is -1.08. The van der Waals surface area contributed by atoms with Crippen molar-refractivity contribution in [2.75, 3.05) is 12.4 Å². The van der Waals surface area contributed by atoms with Crippen LogP contribution in [0.2, 0.25) is 0 Å². The molecule has 0 aliphatic heterocycles. The SMILES string of the molecule is COc1ccc(C(C)C(=O)Nc2ccccc2C(=O)O)cc1. The molecule has 0 heterocycles. The number of amides is 1. The predicted molar refractivity (Wildman–Crippen MR) is 83.4 cm³/mol. The van der Waals surface area contributed by atoms with E-state index in [0.717, 1.165) is 5.56 Å². The predicted octanol–water partition coefficient (Wildman–Crippen LogP) is 3.14. The average molecular weight is 299 g/mol. The van der Waals surface area contributed by atoms with Gasteiger partial charge in [-0.25, -0.2) is 4.79 Å². The highest BCUT2D eigenvalue weighted by molar-refractivity contribution is 6.02. The monoisotopic (exact) mass is 299 g/mol. The zero-order chi connectivity index (χ0) is 16.1. The topological polar surface area (TPSA) is 75.6 Å². The van der Waals surface area contributed by atoms with Gasteiger partial charge in [0.15, 0.2) is 0 Å². The summed E-state index contributed by atoms with van der Waals surface area (Å²) in [6.07, 6.45) is 0. The van der Waals surface area contributed by atoms with E-state index in [9.17, 15) is 9.59 Å². The smallest absolute Gasteiger partial charge is 0.337 e. The van der Waals surface area contributed by atoms with Crippen LogP contribution in [-0.2, 0) is 4.79 Å². The van der Waals surface area contributed by atoms with Gasteiger partial charge in [0.1, 0.15) is 5.75 Å². The second kappa shape index (κ2) is 6.76. The van der Waals surface area contributed by atoms with Gasteiger partial charge in [0.25, 0.3) is 0 Å². The van der Waals surface area contributed by atoms with E-state index in [1.165, 1.54) is 6.07 Å². The molecule has 0 aromatic heterocycles.